The summed E-state index contributed by atoms with van der Waals surface area (Å²) in [5.41, 5.74) is 0. The summed E-state index contributed by atoms with van der Waals surface area (Å²) in [6, 6.07) is 0. The van der Waals surface area contributed by atoms with Gasteiger partial charge in [0.1, 0.15) is 0 Å². The van der Waals surface area contributed by atoms with Gasteiger partial charge in [0.2, 0.25) is 0 Å². The first-order valence-electron chi connectivity index (χ1n) is 4.70. The van der Waals surface area contributed by atoms with E-state index < -0.39 is 0 Å². The highest BCUT2D eigenvalue weighted by Gasteiger charge is 2.25. The van der Waals surface area contributed by atoms with Crippen LogP contribution in [0.25, 0.3) is 0 Å². The molecule has 1 N–H and O–H groups in total. The molecule has 12 heavy (non-hydrogen) atoms. The average Bonchev–Trinajstić information content (AvgIpc) is 2.48. The zero-order valence-corrected chi connectivity index (χ0v) is 7.67. The maximum atomic E-state index is 11.8. The van der Waals surface area contributed by atoms with Crippen LogP contribution < -0.4 is 0 Å². The van der Waals surface area contributed by atoms with E-state index >= 15 is 0 Å². The number of nitrogens with zero attached hydrogens (tertiary/aromatic N) is 1. The third-order valence-corrected chi connectivity index (χ3v) is 2.60. The monoisotopic (exact) mass is 175 g/mol. The van der Waals surface area contributed by atoms with Crippen LogP contribution in [0, 0.1) is 5.92 Å². The summed E-state index contributed by atoms with van der Waals surface area (Å²) in [4.78, 5) is 2.23. The summed E-state index contributed by atoms with van der Waals surface area (Å²) in [7, 11) is 0. The van der Waals surface area contributed by atoms with Gasteiger partial charge in [-0.3, -0.25) is 4.39 Å². The second kappa shape index (κ2) is 4.77. The quantitative estimate of drug-likeness (QED) is 0.690. The Morgan fingerprint density at radius 3 is 2.92 bits per heavy atom. The van der Waals surface area contributed by atoms with Crippen LogP contribution >= 0.6 is 0 Å². The molecule has 0 saturated carbocycles. The van der Waals surface area contributed by atoms with Crippen molar-refractivity contribution in [2.24, 2.45) is 5.92 Å². The largest absolute Gasteiger partial charge is 0.393 e. The van der Waals surface area contributed by atoms with Crippen LogP contribution in [0.1, 0.15) is 19.8 Å². The Morgan fingerprint density at radius 1 is 1.67 bits per heavy atom. The molecule has 1 aliphatic rings. The Labute approximate surface area is 73.4 Å². The van der Waals surface area contributed by atoms with E-state index in [2.05, 4.69) is 4.90 Å². The summed E-state index contributed by atoms with van der Waals surface area (Å²) in [6.45, 7) is 4.42. The Kier molecular flexibility index (Phi) is 3.95. The average molecular weight is 175 g/mol. The number of likely N-dealkylation sites (tertiary alicyclic amines) is 1. The number of aliphatic hydroxyl groups excluding tert-OH is 1. The summed E-state index contributed by atoms with van der Waals surface area (Å²) >= 11 is 0. The highest BCUT2D eigenvalue weighted by Crippen LogP contribution is 2.19. The number of alkyl halides is 1. The number of hydrogen-bond donors (Lipinski definition) is 1. The molecule has 0 amide bonds. The number of rotatable bonds is 4. The second-order valence-electron chi connectivity index (χ2n) is 3.63. The van der Waals surface area contributed by atoms with Crippen LogP contribution in [0.4, 0.5) is 4.39 Å². The smallest absolute Gasteiger partial charge is 0.0906 e. The summed E-state index contributed by atoms with van der Waals surface area (Å²) in [6.07, 6.45) is 1.48. The molecule has 0 aliphatic carbocycles. The lowest BCUT2D eigenvalue weighted by atomic mass is 10.0. The van der Waals surface area contributed by atoms with E-state index in [4.69, 9.17) is 0 Å². The molecule has 72 valence electrons. The number of aliphatic hydroxyl groups is 1. The predicted molar refractivity (Wildman–Crippen MR) is 46.8 cm³/mol. The Bertz CT molecular complexity index is 130. The first-order valence-corrected chi connectivity index (χ1v) is 4.70. The van der Waals surface area contributed by atoms with Gasteiger partial charge in [-0.1, -0.05) is 0 Å². The lowest BCUT2D eigenvalue weighted by molar-refractivity contribution is 0.127. The van der Waals surface area contributed by atoms with E-state index in [1.54, 1.807) is 0 Å². The predicted octanol–water partition coefficient (Wildman–Crippen LogP) is 1.05. The third-order valence-electron chi connectivity index (χ3n) is 2.60. The molecule has 0 radical (unpaired) electrons. The topological polar surface area (TPSA) is 23.5 Å². The molecule has 1 aliphatic heterocycles. The molecule has 2 unspecified atom stereocenters. The minimum atomic E-state index is -0.226. The Balaban J connectivity index is 2.17. The van der Waals surface area contributed by atoms with Crippen LogP contribution in [0.2, 0.25) is 0 Å². The van der Waals surface area contributed by atoms with Gasteiger partial charge in [-0.2, -0.15) is 0 Å². The zero-order valence-electron chi connectivity index (χ0n) is 7.67. The molecular weight excluding hydrogens is 157 g/mol. The van der Waals surface area contributed by atoms with Crippen molar-refractivity contribution in [1.82, 2.24) is 4.90 Å². The molecule has 0 spiro atoms. The highest BCUT2D eigenvalue weighted by molar-refractivity contribution is 4.78. The maximum Gasteiger partial charge on any atom is 0.0906 e. The van der Waals surface area contributed by atoms with Crippen molar-refractivity contribution in [3.05, 3.63) is 0 Å². The molecular formula is C9H18FNO. The van der Waals surface area contributed by atoms with Crippen molar-refractivity contribution in [2.45, 2.75) is 25.9 Å². The molecule has 0 aromatic carbocycles. The summed E-state index contributed by atoms with van der Waals surface area (Å²) in [5.74, 6) is 0.407. The van der Waals surface area contributed by atoms with Gasteiger partial charge in [0.05, 0.1) is 12.8 Å². The fraction of sp³-hybridized carbons (Fsp3) is 1.00. The standard InChI is InChI=1S/C9H18FNO/c1-8(12)9-3-6-11(7-9)5-2-4-10/h8-9,12H,2-7H2,1H3. The van der Waals surface area contributed by atoms with Crippen molar-refractivity contribution in [1.29, 1.82) is 0 Å². The second-order valence-corrected chi connectivity index (χ2v) is 3.63. The van der Waals surface area contributed by atoms with Crippen molar-refractivity contribution in [3.63, 3.8) is 0 Å². The first-order chi connectivity index (χ1) is 5.74. The van der Waals surface area contributed by atoms with Gasteiger partial charge >= 0.3 is 0 Å². The van der Waals surface area contributed by atoms with Crippen molar-refractivity contribution in [2.75, 3.05) is 26.3 Å². The Morgan fingerprint density at radius 2 is 2.42 bits per heavy atom. The maximum absolute atomic E-state index is 11.8. The van der Waals surface area contributed by atoms with E-state index in [0.29, 0.717) is 12.3 Å². The summed E-state index contributed by atoms with van der Waals surface area (Å²) in [5, 5.41) is 9.29. The van der Waals surface area contributed by atoms with Gasteiger partial charge in [0.25, 0.3) is 0 Å². The van der Waals surface area contributed by atoms with Crippen LogP contribution in [0.15, 0.2) is 0 Å². The van der Waals surface area contributed by atoms with Crippen LogP contribution in [0.3, 0.4) is 0 Å². The van der Waals surface area contributed by atoms with E-state index in [0.717, 1.165) is 26.1 Å². The minimum Gasteiger partial charge on any atom is -0.393 e. The highest BCUT2D eigenvalue weighted by atomic mass is 19.1. The molecule has 0 bridgehead atoms. The van der Waals surface area contributed by atoms with E-state index in [9.17, 15) is 9.50 Å². The zero-order chi connectivity index (χ0) is 8.97. The third kappa shape index (κ3) is 2.72. The van der Waals surface area contributed by atoms with E-state index in [1.807, 2.05) is 6.92 Å². The van der Waals surface area contributed by atoms with E-state index in [-0.39, 0.29) is 12.8 Å². The first kappa shape index (κ1) is 9.93. The van der Waals surface area contributed by atoms with Gasteiger partial charge in [-0.05, 0) is 32.2 Å². The molecule has 1 saturated heterocycles. The molecule has 3 heteroatoms. The van der Waals surface area contributed by atoms with Crippen LogP contribution in [0.5, 0.6) is 0 Å². The number of halogens is 1. The minimum absolute atomic E-state index is 0.208. The van der Waals surface area contributed by atoms with Gasteiger partial charge in [0.15, 0.2) is 0 Å². The lowest BCUT2D eigenvalue weighted by Crippen LogP contribution is -2.25. The van der Waals surface area contributed by atoms with Crippen LogP contribution in [-0.2, 0) is 0 Å². The van der Waals surface area contributed by atoms with Gasteiger partial charge < -0.3 is 10.0 Å². The van der Waals surface area contributed by atoms with Crippen molar-refractivity contribution in [3.8, 4) is 0 Å². The number of hydrogen-bond acceptors (Lipinski definition) is 2. The van der Waals surface area contributed by atoms with Crippen molar-refractivity contribution >= 4 is 0 Å². The van der Waals surface area contributed by atoms with Crippen molar-refractivity contribution < 1.29 is 9.50 Å². The molecule has 0 aromatic heterocycles. The SMILES string of the molecule is CC(O)C1CCN(CCCF)C1. The molecule has 1 fully saturated rings. The Hall–Kier alpha value is -0.150. The fourth-order valence-electron chi connectivity index (χ4n) is 1.74. The van der Waals surface area contributed by atoms with Crippen LogP contribution in [-0.4, -0.2) is 42.4 Å². The summed E-state index contributed by atoms with van der Waals surface area (Å²) < 4.78 is 11.8. The molecule has 2 atom stereocenters. The van der Waals surface area contributed by atoms with E-state index in [1.165, 1.54) is 0 Å². The molecule has 2 nitrogen and oxygen atoms in total. The fourth-order valence-corrected chi connectivity index (χ4v) is 1.74. The molecule has 1 heterocycles. The van der Waals surface area contributed by atoms with Gasteiger partial charge in [-0.25, -0.2) is 0 Å². The van der Waals surface area contributed by atoms with Gasteiger partial charge in [0, 0.05) is 13.1 Å². The molecule has 1 rings (SSSR count). The lowest BCUT2D eigenvalue weighted by Gasteiger charge is -2.16. The van der Waals surface area contributed by atoms with Gasteiger partial charge in [-0.15, -0.1) is 0 Å². The normalized spacial score (nSPS) is 27.8. The molecule has 0 aromatic rings.